The van der Waals surface area contributed by atoms with Crippen molar-refractivity contribution in [3.63, 3.8) is 0 Å². The van der Waals surface area contributed by atoms with Crippen LogP contribution < -0.4 is 19.5 Å². The van der Waals surface area contributed by atoms with Gasteiger partial charge in [-0.15, -0.1) is 0 Å². The van der Waals surface area contributed by atoms with Crippen LogP contribution in [0, 0.1) is 0 Å². The van der Waals surface area contributed by atoms with Gasteiger partial charge in [0, 0.05) is 0 Å². The Morgan fingerprint density at radius 3 is 2.65 bits per heavy atom. The van der Waals surface area contributed by atoms with E-state index >= 15 is 0 Å². The third kappa shape index (κ3) is 4.24. The second-order valence-electron chi connectivity index (χ2n) is 5.58. The Morgan fingerprint density at radius 2 is 1.85 bits per heavy atom. The largest absolute Gasteiger partial charge is 0.496 e. The second kappa shape index (κ2) is 8.24. The molecule has 26 heavy (non-hydrogen) atoms. The summed E-state index contributed by atoms with van der Waals surface area (Å²) >= 11 is 0. The molecule has 1 aliphatic rings. The van der Waals surface area contributed by atoms with Gasteiger partial charge >= 0.3 is 5.97 Å². The van der Waals surface area contributed by atoms with E-state index < -0.39 is 11.9 Å². The van der Waals surface area contributed by atoms with Gasteiger partial charge in [0.2, 0.25) is 0 Å². The molecular formula is C19H19NO6. The average molecular weight is 357 g/mol. The Hall–Kier alpha value is -3.22. The lowest BCUT2D eigenvalue weighted by atomic mass is 10.2. The topological polar surface area (TPSA) is 83.1 Å². The first-order valence-corrected chi connectivity index (χ1v) is 8.12. The van der Waals surface area contributed by atoms with Gasteiger partial charge in [0.15, 0.2) is 18.1 Å². The minimum atomic E-state index is -0.622. The van der Waals surface area contributed by atoms with Crippen molar-refractivity contribution in [2.24, 2.45) is 0 Å². The van der Waals surface area contributed by atoms with Crippen molar-refractivity contribution >= 4 is 11.9 Å². The lowest BCUT2D eigenvalue weighted by molar-refractivity contribution is -0.124. The molecule has 0 unspecified atom stereocenters. The summed E-state index contributed by atoms with van der Waals surface area (Å²) in [7, 11) is 1.46. The summed E-state index contributed by atoms with van der Waals surface area (Å²) in [5.41, 5.74) is 0.267. The van der Waals surface area contributed by atoms with Crippen LogP contribution in [0.5, 0.6) is 17.2 Å². The van der Waals surface area contributed by atoms with E-state index in [-0.39, 0.29) is 24.8 Å². The van der Waals surface area contributed by atoms with E-state index in [4.69, 9.17) is 18.9 Å². The summed E-state index contributed by atoms with van der Waals surface area (Å²) < 4.78 is 21.4. The average Bonchev–Trinajstić information content (AvgIpc) is 2.70. The molecule has 0 saturated heterocycles. The highest BCUT2D eigenvalue weighted by Crippen LogP contribution is 2.30. The summed E-state index contributed by atoms with van der Waals surface area (Å²) in [6, 6.07) is 14.0. The zero-order chi connectivity index (χ0) is 18.4. The SMILES string of the molecule is COc1ccccc1C(=O)OCC(=O)NC[C@@H]1COc2ccccc2O1. The van der Waals surface area contributed by atoms with Crippen molar-refractivity contribution in [1.82, 2.24) is 5.32 Å². The first kappa shape index (κ1) is 17.6. The zero-order valence-electron chi connectivity index (χ0n) is 14.3. The number of fused-ring (bicyclic) bond motifs is 1. The fourth-order valence-electron chi connectivity index (χ4n) is 2.46. The highest BCUT2D eigenvalue weighted by molar-refractivity contribution is 5.93. The van der Waals surface area contributed by atoms with Gasteiger partial charge in [-0.25, -0.2) is 4.79 Å². The first-order valence-electron chi connectivity index (χ1n) is 8.12. The smallest absolute Gasteiger partial charge is 0.342 e. The third-order valence-corrected chi connectivity index (χ3v) is 3.76. The van der Waals surface area contributed by atoms with Crippen molar-refractivity contribution < 1.29 is 28.5 Å². The number of amides is 1. The van der Waals surface area contributed by atoms with E-state index in [0.717, 1.165) is 0 Å². The van der Waals surface area contributed by atoms with Crippen molar-refractivity contribution in [3.8, 4) is 17.2 Å². The molecule has 0 saturated carbocycles. The minimum Gasteiger partial charge on any atom is -0.496 e. The predicted molar refractivity (Wildman–Crippen MR) is 92.6 cm³/mol. The van der Waals surface area contributed by atoms with Crippen LogP contribution in [-0.2, 0) is 9.53 Å². The number of benzene rings is 2. The highest BCUT2D eigenvalue weighted by Gasteiger charge is 2.21. The van der Waals surface area contributed by atoms with Crippen LogP contribution in [0.1, 0.15) is 10.4 Å². The van der Waals surface area contributed by atoms with Crippen LogP contribution in [0.3, 0.4) is 0 Å². The Bertz CT molecular complexity index is 791. The molecule has 7 nitrogen and oxygen atoms in total. The van der Waals surface area contributed by atoms with Gasteiger partial charge in [-0.2, -0.15) is 0 Å². The summed E-state index contributed by atoms with van der Waals surface area (Å²) in [6.07, 6.45) is -0.307. The Balaban J connectivity index is 1.44. The van der Waals surface area contributed by atoms with Crippen LogP contribution in [0.4, 0.5) is 0 Å². The van der Waals surface area contributed by atoms with Gasteiger partial charge in [0.25, 0.3) is 5.91 Å². The Labute approximate surface area is 150 Å². The van der Waals surface area contributed by atoms with Crippen molar-refractivity contribution in [2.45, 2.75) is 6.10 Å². The van der Waals surface area contributed by atoms with E-state index in [1.54, 1.807) is 30.3 Å². The number of nitrogens with one attached hydrogen (secondary N) is 1. The van der Waals surface area contributed by atoms with Gasteiger partial charge in [-0.1, -0.05) is 24.3 Å². The zero-order valence-corrected chi connectivity index (χ0v) is 14.3. The molecule has 0 bridgehead atoms. The molecule has 3 rings (SSSR count). The number of carbonyl (C=O) groups excluding carboxylic acids is 2. The molecule has 1 N–H and O–H groups in total. The number of carbonyl (C=O) groups is 2. The highest BCUT2D eigenvalue weighted by atomic mass is 16.6. The summed E-state index contributed by atoms with van der Waals surface area (Å²) in [5.74, 6) is 0.672. The summed E-state index contributed by atoms with van der Waals surface area (Å²) in [6.45, 7) is 0.193. The molecule has 0 fully saturated rings. The van der Waals surface area contributed by atoms with Gasteiger partial charge in [0.1, 0.15) is 24.0 Å². The lowest BCUT2D eigenvalue weighted by Crippen LogP contribution is -2.42. The van der Waals surface area contributed by atoms with Gasteiger partial charge in [0.05, 0.1) is 13.7 Å². The van der Waals surface area contributed by atoms with Gasteiger partial charge in [-0.05, 0) is 24.3 Å². The number of para-hydroxylation sites is 3. The molecule has 2 aromatic rings. The van der Waals surface area contributed by atoms with E-state index in [1.165, 1.54) is 7.11 Å². The number of esters is 1. The van der Waals surface area contributed by atoms with Crippen LogP contribution in [0.15, 0.2) is 48.5 Å². The summed E-state index contributed by atoms with van der Waals surface area (Å²) in [4.78, 5) is 24.0. The third-order valence-electron chi connectivity index (χ3n) is 3.76. The molecule has 1 heterocycles. The monoisotopic (exact) mass is 357 g/mol. The molecular weight excluding hydrogens is 338 g/mol. The molecule has 2 aromatic carbocycles. The molecule has 1 atom stereocenters. The molecule has 0 aliphatic carbocycles. The van der Waals surface area contributed by atoms with Crippen molar-refractivity contribution in [2.75, 3.05) is 26.9 Å². The maximum Gasteiger partial charge on any atom is 0.342 e. The number of ether oxygens (including phenoxy) is 4. The van der Waals surface area contributed by atoms with E-state index in [0.29, 0.717) is 23.9 Å². The van der Waals surface area contributed by atoms with Gasteiger partial charge < -0.3 is 24.3 Å². The first-order chi connectivity index (χ1) is 12.7. The van der Waals surface area contributed by atoms with E-state index in [2.05, 4.69) is 5.32 Å². The van der Waals surface area contributed by atoms with E-state index in [9.17, 15) is 9.59 Å². The predicted octanol–water partition coefficient (Wildman–Crippen LogP) is 1.81. The Morgan fingerprint density at radius 1 is 1.12 bits per heavy atom. The molecule has 0 spiro atoms. The normalized spacial score (nSPS) is 15.0. The van der Waals surface area contributed by atoms with Gasteiger partial charge in [-0.3, -0.25) is 4.79 Å². The molecule has 1 amide bonds. The quantitative estimate of drug-likeness (QED) is 0.794. The fourth-order valence-corrected chi connectivity index (χ4v) is 2.46. The number of hydrogen-bond acceptors (Lipinski definition) is 6. The molecule has 7 heteroatoms. The molecule has 136 valence electrons. The van der Waals surface area contributed by atoms with Crippen LogP contribution in [-0.4, -0.2) is 44.8 Å². The maximum absolute atomic E-state index is 12.0. The second-order valence-corrected chi connectivity index (χ2v) is 5.58. The number of methoxy groups -OCH3 is 1. The van der Waals surface area contributed by atoms with Crippen LogP contribution in [0.2, 0.25) is 0 Å². The number of rotatable bonds is 6. The molecule has 0 radical (unpaired) electrons. The molecule has 0 aromatic heterocycles. The maximum atomic E-state index is 12.0. The van der Waals surface area contributed by atoms with Crippen molar-refractivity contribution in [1.29, 1.82) is 0 Å². The fraction of sp³-hybridized carbons (Fsp3) is 0.263. The van der Waals surface area contributed by atoms with Crippen LogP contribution in [0.25, 0.3) is 0 Å². The van der Waals surface area contributed by atoms with E-state index in [1.807, 2.05) is 18.2 Å². The number of hydrogen-bond donors (Lipinski definition) is 1. The van der Waals surface area contributed by atoms with Crippen molar-refractivity contribution in [3.05, 3.63) is 54.1 Å². The standard InChI is InChI=1S/C19H19NO6/c1-23-15-7-3-2-6-14(15)19(22)25-12-18(21)20-10-13-11-24-16-8-4-5-9-17(16)26-13/h2-9,13H,10-12H2,1H3,(H,20,21)/t13-/m1/s1. The summed E-state index contributed by atoms with van der Waals surface area (Å²) in [5, 5.41) is 2.67. The minimum absolute atomic E-state index is 0.249. The van der Waals surface area contributed by atoms with Crippen LogP contribution >= 0.6 is 0 Å². The Kier molecular flexibility index (Phi) is 5.58. The molecule has 1 aliphatic heterocycles. The lowest BCUT2D eigenvalue weighted by Gasteiger charge is -2.26.